The fourth-order valence-electron chi connectivity index (χ4n) is 4.69. The maximum Gasteiger partial charge on any atom is 0.317 e. The number of pyridine rings is 1. The second-order valence-electron chi connectivity index (χ2n) is 9.84. The van der Waals surface area contributed by atoms with Gasteiger partial charge < -0.3 is 20.2 Å². The van der Waals surface area contributed by atoms with Crippen LogP contribution in [0.4, 0.5) is 11.7 Å². The fraction of sp³-hybridized carbons (Fsp3) is 0.167. The summed E-state index contributed by atoms with van der Waals surface area (Å²) in [5.74, 6) is 1.00. The second-order valence-corrected chi connectivity index (χ2v) is 9.84. The third-order valence-electron chi connectivity index (χ3n) is 6.93. The summed E-state index contributed by atoms with van der Waals surface area (Å²) in [7, 11) is 0. The van der Waals surface area contributed by atoms with Gasteiger partial charge in [0.2, 0.25) is 6.17 Å². The van der Waals surface area contributed by atoms with Crippen LogP contribution in [0.15, 0.2) is 88.7 Å². The minimum absolute atomic E-state index is 0.00147. The topological polar surface area (TPSA) is 151 Å². The Morgan fingerprint density at radius 2 is 1.68 bits per heavy atom. The van der Waals surface area contributed by atoms with Crippen LogP contribution in [-0.2, 0) is 11.4 Å². The highest BCUT2D eigenvalue weighted by Gasteiger charge is 2.28. The van der Waals surface area contributed by atoms with Crippen molar-refractivity contribution in [2.45, 2.75) is 31.5 Å². The van der Waals surface area contributed by atoms with Crippen LogP contribution in [0.3, 0.4) is 0 Å². The quantitative estimate of drug-likeness (QED) is 0.274. The Kier molecular flexibility index (Phi) is 6.25. The molecule has 4 heterocycles. The first-order valence-electron chi connectivity index (χ1n) is 13.2. The molecular formula is C30H24N8O3. The predicted molar refractivity (Wildman–Crippen MR) is 151 cm³/mol. The highest BCUT2D eigenvalue weighted by molar-refractivity contribution is 6.19. The summed E-state index contributed by atoms with van der Waals surface area (Å²) in [5, 5.41) is 23.9. The van der Waals surface area contributed by atoms with E-state index in [9.17, 15) is 9.90 Å². The number of fused-ring (bicyclic) bond motifs is 1. The average Bonchev–Trinajstić information content (AvgIpc) is 3.79. The molecule has 1 atom stereocenters. The number of aliphatic hydroxyl groups is 1. The monoisotopic (exact) mass is 544 g/mol. The number of carbonyl (C=O) groups excluding carboxylic acids is 1. The predicted octanol–water partition coefficient (Wildman–Crippen LogP) is 4.19. The zero-order chi connectivity index (χ0) is 27.8. The Bertz CT molecular complexity index is 1760. The number of nitrogens with zero attached hydrogens (tertiary/aromatic N) is 6. The maximum atomic E-state index is 13.2. The largest absolute Gasteiger partial charge is 0.402 e. The van der Waals surface area contributed by atoms with E-state index in [1.165, 1.54) is 0 Å². The summed E-state index contributed by atoms with van der Waals surface area (Å²) >= 11 is 0. The molecule has 11 heteroatoms. The summed E-state index contributed by atoms with van der Waals surface area (Å²) < 4.78 is 5.94. The summed E-state index contributed by atoms with van der Waals surface area (Å²) in [6, 6.07) is 19.0. The molecule has 41 heavy (non-hydrogen) atoms. The van der Waals surface area contributed by atoms with Gasteiger partial charge in [0.1, 0.15) is 11.5 Å². The number of amides is 1. The Hall–Kier alpha value is -5.29. The van der Waals surface area contributed by atoms with Crippen LogP contribution in [0.1, 0.15) is 41.3 Å². The van der Waals surface area contributed by atoms with Gasteiger partial charge in [-0.3, -0.25) is 9.78 Å². The Labute approximate surface area is 234 Å². The standard InChI is InChI=1S/C30H24N8O3/c39-16-17-12-22(20-14-32-26(33-15-20)19-10-11-19)25(31-13-17)29-37-38-30(41-29)36-27-28(40)34-23-9-5-4-8-21(23)24(35-27)18-6-2-1-3-7-18/h1-9,12-15,19,27,39H,10-11,16H2,(H,34,40)(H,36,38)/t27-/m1/s1. The molecule has 1 fully saturated rings. The van der Waals surface area contributed by atoms with Crippen molar-refractivity contribution in [2.24, 2.45) is 4.99 Å². The van der Waals surface area contributed by atoms with Crippen molar-refractivity contribution < 1.29 is 14.3 Å². The fourth-order valence-corrected chi connectivity index (χ4v) is 4.69. The number of aliphatic imine (C=N–C) groups is 1. The van der Waals surface area contributed by atoms with Crippen molar-refractivity contribution >= 4 is 23.3 Å². The van der Waals surface area contributed by atoms with Crippen molar-refractivity contribution in [1.82, 2.24) is 25.1 Å². The number of benzene rings is 2. The van der Waals surface area contributed by atoms with Crippen LogP contribution in [0.2, 0.25) is 0 Å². The zero-order valence-corrected chi connectivity index (χ0v) is 21.7. The lowest BCUT2D eigenvalue weighted by atomic mass is 10.0. The van der Waals surface area contributed by atoms with Gasteiger partial charge in [-0.15, -0.1) is 5.10 Å². The number of anilines is 2. The van der Waals surface area contributed by atoms with Gasteiger partial charge in [-0.1, -0.05) is 53.6 Å². The van der Waals surface area contributed by atoms with E-state index < -0.39 is 6.17 Å². The molecular weight excluding hydrogens is 520 g/mol. The summed E-state index contributed by atoms with van der Waals surface area (Å²) in [6.45, 7) is -0.182. The van der Waals surface area contributed by atoms with Crippen LogP contribution in [0, 0.1) is 0 Å². The Morgan fingerprint density at radius 3 is 2.46 bits per heavy atom. The van der Waals surface area contributed by atoms with Gasteiger partial charge in [0.15, 0.2) is 0 Å². The lowest BCUT2D eigenvalue weighted by Crippen LogP contribution is -2.32. The molecule has 1 aliphatic carbocycles. The Balaban J connectivity index is 1.22. The first kappa shape index (κ1) is 24.7. The molecule has 7 rings (SSSR count). The molecule has 1 aliphatic heterocycles. The molecule has 3 aromatic heterocycles. The number of aliphatic hydroxyl groups excluding tert-OH is 1. The molecule has 3 N–H and O–H groups in total. The van der Waals surface area contributed by atoms with Crippen LogP contribution >= 0.6 is 0 Å². The Morgan fingerprint density at radius 1 is 0.902 bits per heavy atom. The number of hydrogen-bond acceptors (Lipinski definition) is 10. The first-order valence-corrected chi connectivity index (χ1v) is 13.2. The minimum atomic E-state index is -1.04. The molecule has 2 aromatic carbocycles. The molecule has 2 aliphatic rings. The SMILES string of the molecule is O=C1Nc2ccccc2C(c2ccccc2)=N[C@@H]1Nc1nnc(-c2ncc(CO)cc2-c2cnc(C3CC3)nc2)o1. The minimum Gasteiger partial charge on any atom is -0.402 e. The van der Waals surface area contributed by atoms with E-state index in [2.05, 4.69) is 35.8 Å². The molecule has 1 amide bonds. The van der Waals surface area contributed by atoms with E-state index in [-0.39, 0.29) is 24.4 Å². The molecule has 0 spiro atoms. The van der Waals surface area contributed by atoms with E-state index in [4.69, 9.17) is 9.41 Å². The van der Waals surface area contributed by atoms with Crippen LogP contribution < -0.4 is 10.6 Å². The molecule has 0 unspecified atom stereocenters. The molecule has 202 valence electrons. The normalized spacial score (nSPS) is 16.4. The van der Waals surface area contributed by atoms with Crippen molar-refractivity contribution in [3.8, 4) is 22.7 Å². The van der Waals surface area contributed by atoms with Crippen LogP contribution in [0.25, 0.3) is 22.7 Å². The van der Waals surface area contributed by atoms with Crippen molar-refractivity contribution in [1.29, 1.82) is 0 Å². The van der Waals surface area contributed by atoms with Crippen molar-refractivity contribution in [2.75, 3.05) is 10.6 Å². The van der Waals surface area contributed by atoms with Crippen LogP contribution in [-0.4, -0.2) is 48.0 Å². The van der Waals surface area contributed by atoms with Gasteiger partial charge in [0.25, 0.3) is 11.8 Å². The highest BCUT2D eigenvalue weighted by atomic mass is 16.4. The number of hydrogen-bond donors (Lipinski definition) is 3. The van der Waals surface area contributed by atoms with Crippen LogP contribution in [0.5, 0.6) is 0 Å². The molecule has 11 nitrogen and oxygen atoms in total. The zero-order valence-electron chi connectivity index (χ0n) is 21.7. The third-order valence-corrected chi connectivity index (χ3v) is 6.93. The van der Waals surface area contributed by atoms with Gasteiger partial charge in [0.05, 0.1) is 18.0 Å². The number of nitrogens with one attached hydrogen (secondary N) is 2. The number of carbonyl (C=O) groups is 1. The highest BCUT2D eigenvalue weighted by Crippen LogP contribution is 2.38. The first-order chi connectivity index (χ1) is 20.2. The third kappa shape index (κ3) is 4.94. The average molecular weight is 545 g/mol. The second kappa shape index (κ2) is 10.4. The summed E-state index contributed by atoms with van der Waals surface area (Å²) in [6.07, 6.45) is 6.19. The van der Waals surface area contributed by atoms with E-state index in [1.807, 2.05) is 54.6 Å². The van der Waals surface area contributed by atoms with Gasteiger partial charge in [-0.2, -0.15) is 0 Å². The molecule has 0 saturated heterocycles. The van der Waals surface area contributed by atoms with Crippen molar-refractivity contribution in [3.63, 3.8) is 0 Å². The molecule has 0 radical (unpaired) electrons. The number of aromatic nitrogens is 5. The molecule has 1 saturated carbocycles. The van der Waals surface area contributed by atoms with E-state index in [1.54, 1.807) is 24.7 Å². The van der Waals surface area contributed by atoms with E-state index >= 15 is 0 Å². The van der Waals surface area contributed by atoms with E-state index in [0.29, 0.717) is 39.7 Å². The van der Waals surface area contributed by atoms with Gasteiger partial charge >= 0.3 is 6.01 Å². The van der Waals surface area contributed by atoms with Gasteiger partial charge in [0, 0.05) is 46.8 Å². The summed E-state index contributed by atoms with van der Waals surface area (Å²) in [4.78, 5) is 31.5. The van der Waals surface area contributed by atoms with Gasteiger partial charge in [-0.05, 0) is 30.5 Å². The molecule has 5 aromatic rings. The molecule has 0 bridgehead atoms. The lowest BCUT2D eigenvalue weighted by Gasteiger charge is -2.11. The number of rotatable bonds is 7. The van der Waals surface area contributed by atoms with Crippen molar-refractivity contribution in [3.05, 3.63) is 102 Å². The smallest absolute Gasteiger partial charge is 0.317 e. The number of benzodiazepines with no additional fused rings is 1. The lowest BCUT2D eigenvalue weighted by molar-refractivity contribution is -0.116. The summed E-state index contributed by atoms with van der Waals surface area (Å²) in [5.41, 5.74) is 5.33. The maximum absolute atomic E-state index is 13.2. The number of para-hydroxylation sites is 1. The van der Waals surface area contributed by atoms with E-state index in [0.717, 1.165) is 29.8 Å². The van der Waals surface area contributed by atoms with Gasteiger partial charge in [-0.25, -0.2) is 15.0 Å².